The topological polar surface area (TPSA) is 66.8 Å². The third-order valence-corrected chi connectivity index (χ3v) is 5.61. The van der Waals surface area contributed by atoms with Crippen molar-refractivity contribution in [1.29, 1.82) is 0 Å². The zero-order valence-electron chi connectivity index (χ0n) is 14.9. The molecule has 1 saturated heterocycles. The van der Waals surface area contributed by atoms with Crippen LogP contribution in [0, 0.1) is 5.82 Å². The number of rotatable bonds is 5. The molecule has 5 nitrogen and oxygen atoms in total. The summed E-state index contributed by atoms with van der Waals surface area (Å²) in [5, 5.41) is 9.06. The fourth-order valence-electron chi connectivity index (χ4n) is 3.10. The summed E-state index contributed by atoms with van der Waals surface area (Å²) in [5.74, 6) is -0.0631. The van der Waals surface area contributed by atoms with Gasteiger partial charge in [0.1, 0.15) is 11.6 Å². The van der Waals surface area contributed by atoms with Gasteiger partial charge in [0, 0.05) is 18.1 Å². The Hall–Kier alpha value is -2.54. The van der Waals surface area contributed by atoms with Crippen molar-refractivity contribution < 1.29 is 23.8 Å². The van der Waals surface area contributed by atoms with E-state index in [0.29, 0.717) is 29.4 Å². The van der Waals surface area contributed by atoms with Crippen LogP contribution in [-0.4, -0.2) is 53.1 Å². The molecule has 0 radical (unpaired) electrons. The van der Waals surface area contributed by atoms with Crippen LogP contribution < -0.4 is 4.74 Å². The number of carboxylic acids is 1. The van der Waals surface area contributed by atoms with Gasteiger partial charge in [-0.05, 0) is 35.4 Å². The maximum Gasteiger partial charge on any atom is 0.305 e. The van der Waals surface area contributed by atoms with Crippen LogP contribution in [0.25, 0.3) is 11.1 Å². The number of benzene rings is 2. The lowest BCUT2D eigenvalue weighted by molar-refractivity contribution is -0.138. The van der Waals surface area contributed by atoms with E-state index < -0.39 is 23.7 Å². The van der Waals surface area contributed by atoms with Gasteiger partial charge in [-0.15, -0.1) is 0 Å². The molecule has 1 fully saturated rings. The van der Waals surface area contributed by atoms with Crippen LogP contribution in [0.2, 0.25) is 0 Å². The quantitative estimate of drug-likeness (QED) is 0.847. The molecule has 142 valence electrons. The summed E-state index contributed by atoms with van der Waals surface area (Å²) in [6.45, 7) is 0.418. The van der Waals surface area contributed by atoms with E-state index in [4.69, 9.17) is 9.84 Å². The van der Waals surface area contributed by atoms with Gasteiger partial charge >= 0.3 is 5.97 Å². The van der Waals surface area contributed by atoms with Crippen molar-refractivity contribution >= 4 is 23.6 Å². The molecule has 0 saturated carbocycles. The highest BCUT2D eigenvalue weighted by atomic mass is 32.2. The molecule has 0 spiro atoms. The normalized spacial score (nSPS) is 16.8. The molecule has 1 amide bonds. The second-order valence-corrected chi connectivity index (χ2v) is 7.40. The molecule has 1 atom stereocenters. The SMILES string of the molecule is COc1ccc(-c2ccc(C(=O)N3CCSCC3CC(=O)O)c(F)c2)cc1. The molecule has 3 rings (SSSR count). The molecule has 1 N–H and O–H groups in total. The van der Waals surface area contributed by atoms with Crippen LogP contribution >= 0.6 is 11.8 Å². The standard InChI is InChI=1S/C20H20FNO4S/c1-26-16-5-2-13(3-6-16)14-4-7-17(18(21)10-14)20(25)22-8-9-27-12-15(22)11-19(23)24/h2-7,10,15H,8-9,11-12H2,1H3,(H,23,24). The Morgan fingerprint density at radius 1 is 1.22 bits per heavy atom. The molecule has 0 aromatic heterocycles. The van der Waals surface area contributed by atoms with Crippen molar-refractivity contribution in [2.45, 2.75) is 12.5 Å². The zero-order chi connectivity index (χ0) is 19.4. The number of halogens is 1. The predicted molar refractivity (Wildman–Crippen MR) is 103 cm³/mol. The molecule has 1 heterocycles. The van der Waals surface area contributed by atoms with Crippen molar-refractivity contribution in [1.82, 2.24) is 4.90 Å². The van der Waals surface area contributed by atoms with Crippen LogP contribution in [0.1, 0.15) is 16.8 Å². The largest absolute Gasteiger partial charge is 0.497 e. The highest BCUT2D eigenvalue weighted by molar-refractivity contribution is 7.99. The number of thioether (sulfide) groups is 1. The predicted octanol–water partition coefficient (Wildman–Crippen LogP) is 3.53. The summed E-state index contributed by atoms with van der Waals surface area (Å²) >= 11 is 1.61. The summed E-state index contributed by atoms with van der Waals surface area (Å²) in [4.78, 5) is 25.3. The molecule has 1 aliphatic rings. The second-order valence-electron chi connectivity index (χ2n) is 6.25. The van der Waals surface area contributed by atoms with E-state index in [9.17, 15) is 14.0 Å². The van der Waals surface area contributed by atoms with Crippen LogP contribution in [-0.2, 0) is 4.79 Å². The molecule has 1 aliphatic heterocycles. The maximum atomic E-state index is 14.7. The van der Waals surface area contributed by atoms with Crippen molar-refractivity contribution in [3.63, 3.8) is 0 Å². The molecule has 2 aromatic carbocycles. The lowest BCUT2D eigenvalue weighted by Crippen LogP contribution is -2.47. The Morgan fingerprint density at radius 3 is 2.56 bits per heavy atom. The third-order valence-electron chi connectivity index (χ3n) is 4.52. The van der Waals surface area contributed by atoms with Crippen molar-refractivity contribution in [3.8, 4) is 16.9 Å². The number of hydrogen-bond donors (Lipinski definition) is 1. The van der Waals surface area contributed by atoms with Crippen LogP contribution in [0.3, 0.4) is 0 Å². The smallest absolute Gasteiger partial charge is 0.305 e. The minimum Gasteiger partial charge on any atom is -0.497 e. The third kappa shape index (κ3) is 4.42. The molecule has 27 heavy (non-hydrogen) atoms. The van der Waals surface area contributed by atoms with E-state index in [0.717, 1.165) is 5.56 Å². The summed E-state index contributed by atoms with van der Waals surface area (Å²) < 4.78 is 19.8. The Morgan fingerprint density at radius 2 is 1.93 bits per heavy atom. The van der Waals surface area contributed by atoms with E-state index in [2.05, 4.69) is 0 Å². The minimum atomic E-state index is -0.962. The highest BCUT2D eigenvalue weighted by Crippen LogP contribution is 2.27. The van der Waals surface area contributed by atoms with Crippen molar-refractivity contribution in [3.05, 3.63) is 53.8 Å². The van der Waals surface area contributed by atoms with E-state index >= 15 is 0 Å². The number of carbonyl (C=O) groups excluding carboxylic acids is 1. The Balaban J connectivity index is 1.83. The number of carboxylic acid groups (broad SMARTS) is 1. The first-order chi connectivity index (χ1) is 13.0. The fraction of sp³-hybridized carbons (Fsp3) is 0.300. The van der Waals surface area contributed by atoms with E-state index in [1.807, 2.05) is 12.1 Å². The molecule has 0 bridgehead atoms. The van der Waals surface area contributed by atoms with Gasteiger partial charge in [-0.2, -0.15) is 11.8 Å². The monoisotopic (exact) mass is 389 g/mol. The number of ether oxygens (including phenoxy) is 1. The summed E-state index contributed by atoms with van der Waals surface area (Å²) in [7, 11) is 1.58. The molecule has 2 aromatic rings. The molecule has 0 aliphatic carbocycles. The maximum absolute atomic E-state index is 14.7. The number of aliphatic carboxylic acids is 1. The van der Waals surface area contributed by atoms with Gasteiger partial charge in [-0.3, -0.25) is 9.59 Å². The van der Waals surface area contributed by atoms with Gasteiger partial charge in [0.2, 0.25) is 0 Å². The van der Waals surface area contributed by atoms with E-state index in [1.54, 1.807) is 37.1 Å². The number of nitrogens with zero attached hydrogens (tertiary/aromatic N) is 1. The van der Waals surface area contributed by atoms with Crippen molar-refractivity contribution in [2.24, 2.45) is 0 Å². The first kappa shape index (κ1) is 19.2. The zero-order valence-corrected chi connectivity index (χ0v) is 15.7. The Kier molecular flexibility index (Phi) is 6.01. The fourth-order valence-corrected chi connectivity index (χ4v) is 4.16. The Bertz CT molecular complexity index is 840. The van der Waals surface area contributed by atoms with Crippen LogP contribution in [0.5, 0.6) is 5.75 Å². The highest BCUT2D eigenvalue weighted by Gasteiger charge is 2.30. The van der Waals surface area contributed by atoms with Gasteiger partial charge in [0.05, 0.1) is 25.1 Å². The van der Waals surface area contributed by atoms with Crippen LogP contribution in [0.4, 0.5) is 4.39 Å². The van der Waals surface area contributed by atoms with Crippen LogP contribution in [0.15, 0.2) is 42.5 Å². The first-order valence-corrected chi connectivity index (χ1v) is 9.69. The first-order valence-electron chi connectivity index (χ1n) is 8.54. The van der Waals surface area contributed by atoms with Gasteiger partial charge in [-0.1, -0.05) is 18.2 Å². The van der Waals surface area contributed by atoms with E-state index in [-0.39, 0.29) is 12.0 Å². The van der Waals surface area contributed by atoms with Gasteiger partial charge in [-0.25, -0.2) is 4.39 Å². The summed E-state index contributed by atoms with van der Waals surface area (Å²) in [5.41, 5.74) is 1.43. The van der Waals surface area contributed by atoms with Gasteiger partial charge in [0.15, 0.2) is 0 Å². The number of methoxy groups -OCH3 is 1. The molecular weight excluding hydrogens is 369 g/mol. The average Bonchev–Trinajstić information content (AvgIpc) is 2.67. The summed E-state index contributed by atoms with van der Waals surface area (Å²) in [6, 6.07) is 11.3. The lowest BCUT2D eigenvalue weighted by Gasteiger charge is -2.34. The molecule has 1 unspecified atom stereocenters. The Labute approximate surface area is 161 Å². The molecular formula is C20H20FNO4S. The number of carbonyl (C=O) groups is 2. The lowest BCUT2D eigenvalue weighted by atomic mass is 10.0. The van der Waals surface area contributed by atoms with Gasteiger partial charge < -0.3 is 14.7 Å². The van der Waals surface area contributed by atoms with Crippen molar-refractivity contribution in [2.75, 3.05) is 25.2 Å². The number of amides is 1. The average molecular weight is 389 g/mol. The molecule has 7 heteroatoms. The van der Waals surface area contributed by atoms with E-state index in [1.165, 1.54) is 17.0 Å². The van der Waals surface area contributed by atoms with Gasteiger partial charge in [0.25, 0.3) is 5.91 Å². The minimum absolute atomic E-state index is 0.0328. The number of hydrogen-bond acceptors (Lipinski definition) is 4. The summed E-state index contributed by atoms with van der Waals surface area (Å²) in [6.07, 6.45) is -0.135. The second kappa shape index (κ2) is 8.43.